The average molecular weight is 309 g/mol. The fourth-order valence-corrected chi connectivity index (χ4v) is 2.83. The van der Waals surface area contributed by atoms with Crippen molar-refractivity contribution in [2.24, 2.45) is 0 Å². The Morgan fingerprint density at radius 2 is 1.70 bits per heavy atom. The number of carbonyl (C=O) groups excluding carboxylic acids is 1. The molecule has 0 atom stereocenters. The van der Waals surface area contributed by atoms with Crippen molar-refractivity contribution in [3.8, 4) is 0 Å². The van der Waals surface area contributed by atoms with Crippen molar-refractivity contribution >= 4 is 22.7 Å². The molecule has 0 aliphatic rings. The number of amides is 1. The molecule has 0 fully saturated rings. The van der Waals surface area contributed by atoms with Gasteiger partial charge in [0.05, 0.1) is 16.6 Å². The molecule has 0 radical (unpaired) electrons. The first-order chi connectivity index (χ1) is 10.9. The molecule has 1 amide bonds. The van der Waals surface area contributed by atoms with Crippen molar-refractivity contribution in [3.63, 3.8) is 0 Å². The van der Waals surface area contributed by atoms with Crippen LogP contribution in [0.3, 0.4) is 0 Å². The van der Waals surface area contributed by atoms with Gasteiger partial charge in [0.1, 0.15) is 0 Å². The van der Waals surface area contributed by atoms with E-state index in [1.807, 2.05) is 39.8 Å². The lowest BCUT2D eigenvalue weighted by Gasteiger charge is -2.19. The van der Waals surface area contributed by atoms with Gasteiger partial charge in [0, 0.05) is 18.4 Å². The maximum Gasteiger partial charge on any atom is 0.258 e. The molecule has 2 heterocycles. The minimum Gasteiger partial charge on any atom is -0.336 e. The molecule has 0 N–H and O–H groups in total. The summed E-state index contributed by atoms with van der Waals surface area (Å²) in [5.41, 5.74) is 5.47. The number of pyridine rings is 1. The number of hydrogen-bond donors (Lipinski definition) is 0. The molecule has 3 rings (SSSR count). The van der Waals surface area contributed by atoms with E-state index in [-0.39, 0.29) is 5.91 Å². The van der Waals surface area contributed by atoms with Crippen LogP contribution in [0.15, 0.2) is 28.8 Å². The first kappa shape index (κ1) is 15.2. The molecule has 3 aromatic rings. The van der Waals surface area contributed by atoms with E-state index in [0.717, 1.165) is 22.5 Å². The monoisotopic (exact) mass is 309 g/mol. The van der Waals surface area contributed by atoms with Crippen LogP contribution >= 0.6 is 0 Å². The fraction of sp³-hybridized carbons (Fsp3) is 0.278. The molecular formula is C18H19N3O2. The van der Waals surface area contributed by atoms with E-state index in [2.05, 4.69) is 16.2 Å². The Balaban J connectivity index is 2.11. The predicted molar refractivity (Wildman–Crippen MR) is 89.9 cm³/mol. The highest BCUT2D eigenvalue weighted by Crippen LogP contribution is 2.25. The van der Waals surface area contributed by atoms with Gasteiger partial charge in [-0.25, -0.2) is 4.98 Å². The van der Waals surface area contributed by atoms with Crippen molar-refractivity contribution in [1.29, 1.82) is 0 Å². The van der Waals surface area contributed by atoms with E-state index >= 15 is 0 Å². The highest BCUT2D eigenvalue weighted by atomic mass is 16.5. The zero-order chi connectivity index (χ0) is 16.7. The SMILES string of the molecule is Cc1cc(C)cc(N(C)C(=O)c2cc(C)nc3onc(C)c23)c1. The average Bonchev–Trinajstić information content (AvgIpc) is 2.85. The van der Waals surface area contributed by atoms with Gasteiger partial charge in [0.2, 0.25) is 0 Å². The molecule has 0 aliphatic carbocycles. The molecular weight excluding hydrogens is 290 g/mol. The second-order valence-electron chi connectivity index (χ2n) is 5.97. The van der Waals surface area contributed by atoms with Gasteiger partial charge >= 0.3 is 0 Å². The van der Waals surface area contributed by atoms with Crippen LogP contribution in [0.1, 0.15) is 32.9 Å². The highest BCUT2D eigenvalue weighted by Gasteiger charge is 2.21. The zero-order valence-corrected chi connectivity index (χ0v) is 14.0. The standard InChI is InChI=1S/C18H19N3O2/c1-10-6-11(2)8-14(7-10)21(5)18(22)15-9-12(3)19-17-16(15)13(4)20-23-17/h6-9H,1-5H3. The minimum absolute atomic E-state index is 0.100. The van der Waals surface area contributed by atoms with Crippen molar-refractivity contribution in [2.75, 3.05) is 11.9 Å². The van der Waals surface area contributed by atoms with Crippen LogP contribution < -0.4 is 4.90 Å². The van der Waals surface area contributed by atoms with Gasteiger partial charge in [-0.3, -0.25) is 4.79 Å². The van der Waals surface area contributed by atoms with Crippen LogP contribution in [-0.2, 0) is 0 Å². The summed E-state index contributed by atoms with van der Waals surface area (Å²) >= 11 is 0. The third-order valence-corrected chi connectivity index (χ3v) is 3.87. The van der Waals surface area contributed by atoms with E-state index in [1.165, 1.54) is 0 Å². The predicted octanol–water partition coefficient (Wildman–Crippen LogP) is 3.73. The van der Waals surface area contributed by atoms with E-state index < -0.39 is 0 Å². The normalized spacial score (nSPS) is 11.0. The number of nitrogens with zero attached hydrogens (tertiary/aromatic N) is 3. The largest absolute Gasteiger partial charge is 0.336 e. The zero-order valence-electron chi connectivity index (χ0n) is 14.0. The first-order valence-corrected chi connectivity index (χ1v) is 7.47. The third kappa shape index (κ3) is 2.70. The fourth-order valence-electron chi connectivity index (χ4n) is 2.83. The van der Waals surface area contributed by atoms with Crippen LogP contribution in [0.5, 0.6) is 0 Å². The van der Waals surface area contributed by atoms with Crippen molar-refractivity contribution < 1.29 is 9.32 Å². The van der Waals surface area contributed by atoms with Gasteiger partial charge in [-0.1, -0.05) is 11.2 Å². The molecule has 0 unspecified atom stereocenters. The van der Waals surface area contributed by atoms with E-state index in [9.17, 15) is 4.79 Å². The van der Waals surface area contributed by atoms with Gasteiger partial charge in [0.15, 0.2) is 0 Å². The molecule has 0 spiro atoms. The van der Waals surface area contributed by atoms with E-state index in [4.69, 9.17) is 4.52 Å². The van der Waals surface area contributed by atoms with Crippen molar-refractivity contribution in [1.82, 2.24) is 10.1 Å². The van der Waals surface area contributed by atoms with Crippen LogP contribution in [-0.4, -0.2) is 23.1 Å². The minimum atomic E-state index is -0.100. The van der Waals surface area contributed by atoms with E-state index in [0.29, 0.717) is 22.4 Å². The molecule has 0 saturated heterocycles. The summed E-state index contributed by atoms with van der Waals surface area (Å²) in [5, 5.41) is 4.61. The summed E-state index contributed by atoms with van der Waals surface area (Å²) in [6, 6.07) is 7.86. The molecule has 118 valence electrons. The number of aryl methyl sites for hydroxylation is 4. The summed E-state index contributed by atoms with van der Waals surface area (Å²) in [7, 11) is 1.78. The second-order valence-corrected chi connectivity index (χ2v) is 5.97. The van der Waals surface area contributed by atoms with Crippen molar-refractivity contribution in [3.05, 3.63) is 52.3 Å². The number of anilines is 1. The van der Waals surface area contributed by atoms with Gasteiger partial charge < -0.3 is 9.42 Å². The summed E-state index contributed by atoms with van der Waals surface area (Å²) in [6.45, 7) is 7.70. The maximum absolute atomic E-state index is 13.0. The third-order valence-electron chi connectivity index (χ3n) is 3.87. The van der Waals surface area contributed by atoms with Gasteiger partial charge in [-0.15, -0.1) is 0 Å². The lowest BCUT2D eigenvalue weighted by atomic mass is 10.1. The Kier molecular flexibility index (Phi) is 3.64. The Morgan fingerprint density at radius 3 is 2.35 bits per heavy atom. The Morgan fingerprint density at radius 1 is 1.04 bits per heavy atom. The maximum atomic E-state index is 13.0. The Labute approximate surface area is 134 Å². The second kappa shape index (κ2) is 5.50. The quantitative estimate of drug-likeness (QED) is 0.723. The van der Waals surface area contributed by atoms with Gasteiger partial charge in [-0.2, -0.15) is 0 Å². The molecule has 5 heteroatoms. The molecule has 2 aromatic heterocycles. The molecule has 1 aromatic carbocycles. The number of fused-ring (bicyclic) bond motifs is 1. The number of carbonyl (C=O) groups is 1. The lowest BCUT2D eigenvalue weighted by Crippen LogP contribution is -2.26. The summed E-state index contributed by atoms with van der Waals surface area (Å²) in [4.78, 5) is 19.0. The van der Waals surface area contributed by atoms with Crippen LogP contribution in [0.25, 0.3) is 11.1 Å². The highest BCUT2D eigenvalue weighted by molar-refractivity contribution is 6.13. The van der Waals surface area contributed by atoms with Crippen LogP contribution in [0, 0.1) is 27.7 Å². The number of rotatable bonds is 2. The van der Waals surface area contributed by atoms with Gasteiger partial charge in [-0.05, 0) is 57.0 Å². The van der Waals surface area contributed by atoms with Gasteiger partial charge in [0.25, 0.3) is 11.6 Å². The van der Waals surface area contributed by atoms with E-state index in [1.54, 1.807) is 18.0 Å². The van der Waals surface area contributed by atoms with Crippen LogP contribution in [0.4, 0.5) is 5.69 Å². The summed E-state index contributed by atoms with van der Waals surface area (Å²) in [5.74, 6) is -0.100. The molecule has 0 bridgehead atoms. The molecule has 23 heavy (non-hydrogen) atoms. The van der Waals surface area contributed by atoms with Crippen LogP contribution in [0.2, 0.25) is 0 Å². The first-order valence-electron chi connectivity index (χ1n) is 7.47. The van der Waals surface area contributed by atoms with Crippen molar-refractivity contribution in [2.45, 2.75) is 27.7 Å². The summed E-state index contributed by atoms with van der Waals surface area (Å²) < 4.78 is 5.21. The number of benzene rings is 1. The smallest absolute Gasteiger partial charge is 0.258 e. The lowest BCUT2D eigenvalue weighted by molar-refractivity contribution is 0.0994. The summed E-state index contributed by atoms with van der Waals surface area (Å²) in [6.07, 6.45) is 0. The molecule has 5 nitrogen and oxygen atoms in total. The number of aromatic nitrogens is 2. The Hall–Kier alpha value is -2.69. The Bertz CT molecular complexity index is 892. The topological polar surface area (TPSA) is 59.2 Å². The number of hydrogen-bond acceptors (Lipinski definition) is 4. The molecule has 0 aliphatic heterocycles. The molecule has 0 saturated carbocycles.